The standard InChI is InChI=1S/C63H57N3O2/c1-61(2,3)43-23-19-41(20-24-43)58-64-59(42-21-25-44(26-22-42)62(4,5)6)66-60(65-58)52-30-29-47(54-51-11-7-8-16-53(51)67-57(52)54)48-13-10-15-50-49-14-9-12-46(55(49)68-56(48)50)40-17-27-45(28-18-40)63-34-37-31-38(35-63)33-39(32-37)36-63/h7-30,37-39H,31-36H2,1-6H3. The maximum absolute atomic E-state index is 7.13. The first kappa shape index (κ1) is 41.3. The summed E-state index contributed by atoms with van der Waals surface area (Å²) in [5.41, 5.74) is 14.8. The van der Waals surface area contributed by atoms with E-state index in [0.717, 1.165) is 95.0 Å². The lowest BCUT2D eigenvalue weighted by molar-refractivity contribution is -0.00518. The van der Waals surface area contributed by atoms with Crippen LogP contribution in [0.15, 0.2) is 154 Å². The number of aromatic nitrogens is 3. The van der Waals surface area contributed by atoms with Crippen molar-refractivity contribution >= 4 is 43.9 Å². The van der Waals surface area contributed by atoms with Gasteiger partial charge in [-0.15, -0.1) is 0 Å². The first-order valence-electron chi connectivity index (χ1n) is 24.8. The lowest BCUT2D eigenvalue weighted by atomic mass is 9.48. The van der Waals surface area contributed by atoms with Crippen molar-refractivity contribution in [2.75, 3.05) is 0 Å². The normalized spacial score (nSPS) is 20.4. The molecule has 0 spiro atoms. The second-order valence-electron chi connectivity index (χ2n) is 22.7. The molecular weight excluding hydrogens is 831 g/mol. The molecule has 4 saturated carbocycles. The zero-order valence-electron chi connectivity index (χ0n) is 40.0. The minimum absolute atomic E-state index is 0.0198. The molecule has 336 valence electrons. The van der Waals surface area contributed by atoms with Crippen molar-refractivity contribution < 1.29 is 8.83 Å². The van der Waals surface area contributed by atoms with E-state index in [1.807, 2.05) is 12.1 Å². The van der Waals surface area contributed by atoms with E-state index >= 15 is 0 Å². The van der Waals surface area contributed by atoms with Gasteiger partial charge in [-0.3, -0.25) is 0 Å². The van der Waals surface area contributed by atoms with E-state index < -0.39 is 0 Å². The molecule has 7 aromatic carbocycles. The minimum atomic E-state index is 0.0198. The maximum atomic E-state index is 7.13. The van der Waals surface area contributed by atoms with E-state index in [9.17, 15) is 0 Å². The number of furan rings is 2. The summed E-state index contributed by atoms with van der Waals surface area (Å²) >= 11 is 0. The monoisotopic (exact) mass is 887 g/mol. The minimum Gasteiger partial charge on any atom is -0.455 e. The first-order valence-corrected chi connectivity index (χ1v) is 24.8. The molecule has 14 rings (SSSR count). The summed E-state index contributed by atoms with van der Waals surface area (Å²) in [7, 11) is 0. The molecule has 4 fully saturated rings. The summed E-state index contributed by atoms with van der Waals surface area (Å²) in [6.07, 6.45) is 8.49. The average Bonchev–Trinajstić information content (AvgIpc) is 3.92. The maximum Gasteiger partial charge on any atom is 0.167 e. The van der Waals surface area contributed by atoms with Gasteiger partial charge in [-0.2, -0.15) is 0 Å². The second-order valence-corrected chi connectivity index (χ2v) is 22.7. The van der Waals surface area contributed by atoms with Gasteiger partial charge in [0.25, 0.3) is 0 Å². The molecule has 68 heavy (non-hydrogen) atoms. The van der Waals surface area contributed by atoms with Gasteiger partial charge >= 0.3 is 0 Å². The van der Waals surface area contributed by atoms with Crippen LogP contribution in [0.5, 0.6) is 0 Å². The predicted molar refractivity (Wildman–Crippen MR) is 279 cm³/mol. The van der Waals surface area contributed by atoms with Gasteiger partial charge in [-0.05, 0) is 112 Å². The Kier molecular flexibility index (Phi) is 9.17. The highest BCUT2D eigenvalue weighted by Crippen LogP contribution is 2.61. The number of benzene rings is 7. The molecule has 0 amide bonds. The number of hydrogen-bond acceptors (Lipinski definition) is 5. The number of nitrogens with zero attached hydrogens (tertiary/aromatic N) is 3. The van der Waals surface area contributed by atoms with Gasteiger partial charge in [0.15, 0.2) is 17.5 Å². The quantitative estimate of drug-likeness (QED) is 0.166. The highest BCUT2D eigenvalue weighted by molar-refractivity contribution is 6.20. The van der Waals surface area contributed by atoms with Gasteiger partial charge in [0.1, 0.15) is 22.3 Å². The fourth-order valence-electron chi connectivity index (χ4n) is 12.9. The number of rotatable bonds is 6. The van der Waals surface area contributed by atoms with Gasteiger partial charge in [-0.25, -0.2) is 15.0 Å². The molecule has 0 unspecified atom stereocenters. The van der Waals surface area contributed by atoms with Crippen molar-refractivity contribution in [1.29, 1.82) is 0 Å². The zero-order valence-corrected chi connectivity index (χ0v) is 40.0. The van der Waals surface area contributed by atoms with E-state index in [4.69, 9.17) is 23.8 Å². The fraction of sp³-hybridized carbons (Fsp3) is 0.286. The van der Waals surface area contributed by atoms with E-state index in [2.05, 4.69) is 175 Å². The Labute approximate surface area is 398 Å². The third-order valence-corrected chi connectivity index (χ3v) is 16.1. The van der Waals surface area contributed by atoms with Crippen LogP contribution >= 0.6 is 0 Å². The predicted octanol–water partition coefficient (Wildman–Crippen LogP) is 17.1. The molecule has 0 saturated heterocycles. The third-order valence-electron chi connectivity index (χ3n) is 16.1. The van der Waals surface area contributed by atoms with Crippen molar-refractivity contribution in [2.45, 2.75) is 96.3 Å². The molecular formula is C63H57N3O2. The Morgan fingerprint density at radius 3 is 1.47 bits per heavy atom. The molecule has 4 aliphatic carbocycles. The molecule has 5 heteroatoms. The molecule has 0 atom stereocenters. The highest BCUT2D eigenvalue weighted by atomic mass is 16.3. The molecule has 5 nitrogen and oxygen atoms in total. The molecule has 4 bridgehead atoms. The van der Waals surface area contributed by atoms with Crippen LogP contribution in [0.2, 0.25) is 0 Å². The van der Waals surface area contributed by atoms with Gasteiger partial charge in [0.2, 0.25) is 0 Å². The summed E-state index contributed by atoms with van der Waals surface area (Å²) < 4.78 is 14.0. The average molecular weight is 888 g/mol. The second kappa shape index (κ2) is 15.1. The van der Waals surface area contributed by atoms with E-state index in [0.29, 0.717) is 22.9 Å². The van der Waals surface area contributed by atoms with Crippen LogP contribution in [0.3, 0.4) is 0 Å². The molecule has 3 heterocycles. The summed E-state index contributed by atoms with van der Waals surface area (Å²) in [6.45, 7) is 13.4. The van der Waals surface area contributed by atoms with E-state index in [-0.39, 0.29) is 10.8 Å². The zero-order chi connectivity index (χ0) is 46.1. The number of para-hydroxylation sites is 3. The lowest BCUT2D eigenvalue weighted by Gasteiger charge is -2.57. The first-order chi connectivity index (χ1) is 32.8. The molecule has 0 N–H and O–H groups in total. The van der Waals surface area contributed by atoms with Gasteiger partial charge < -0.3 is 8.83 Å². The summed E-state index contributed by atoms with van der Waals surface area (Å²) in [5, 5.41) is 4.23. The Morgan fingerprint density at radius 1 is 0.412 bits per heavy atom. The van der Waals surface area contributed by atoms with Gasteiger partial charge in [-0.1, -0.05) is 175 Å². The Balaban J connectivity index is 0.947. The van der Waals surface area contributed by atoms with Crippen LogP contribution < -0.4 is 0 Å². The van der Waals surface area contributed by atoms with Crippen LogP contribution in [0, 0.1) is 17.8 Å². The smallest absolute Gasteiger partial charge is 0.167 e. The topological polar surface area (TPSA) is 65.0 Å². The van der Waals surface area contributed by atoms with Crippen LogP contribution in [0.25, 0.3) is 100 Å². The van der Waals surface area contributed by atoms with Crippen molar-refractivity contribution in [3.63, 3.8) is 0 Å². The van der Waals surface area contributed by atoms with Gasteiger partial charge in [0.05, 0.1) is 5.56 Å². The van der Waals surface area contributed by atoms with Crippen LogP contribution in [-0.2, 0) is 16.2 Å². The highest BCUT2D eigenvalue weighted by Gasteiger charge is 2.51. The fourth-order valence-corrected chi connectivity index (χ4v) is 12.9. The summed E-state index contributed by atoms with van der Waals surface area (Å²) in [6, 6.07) is 52.6. The number of hydrogen-bond donors (Lipinski definition) is 0. The largest absolute Gasteiger partial charge is 0.455 e. The van der Waals surface area contributed by atoms with Crippen molar-refractivity contribution in [1.82, 2.24) is 15.0 Å². The summed E-state index contributed by atoms with van der Waals surface area (Å²) in [5.74, 6) is 4.55. The van der Waals surface area contributed by atoms with E-state index in [1.54, 1.807) is 5.56 Å². The van der Waals surface area contributed by atoms with Crippen LogP contribution in [0.4, 0.5) is 0 Å². The van der Waals surface area contributed by atoms with Crippen LogP contribution in [0.1, 0.15) is 96.8 Å². The lowest BCUT2D eigenvalue weighted by Crippen LogP contribution is -2.48. The molecule has 10 aromatic rings. The van der Waals surface area contributed by atoms with E-state index in [1.165, 1.54) is 55.2 Å². The third kappa shape index (κ3) is 6.75. The van der Waals surface area contributed by atoms with Crippen molar-refractivity contribution in [3.8, 4) is 56.4 Å². The molecule has 3 aromatic heterocycles. The molecule has 0 radical (unpaired) electrons. The molecule has 4 aliphatic rings. The van der Waals surface area contributed by atoms with Crippen LogP contribution in [-0.4, -0.2) is 15.0 Å². The Bertz CT molecular complexity index is 3490. The molecule has 0 aliphatic heterocycles. The summed E-state index contributed by atoms with van der Waals surface area (Å²) in [4.78, 5) is 15.6. The van der Waals surface area contributed by atoms with Crippen molar-refractivity contribution in [3.05, 3.63) is 162 Å². The SMILES string of the molecule is CC(C)(C)c1ccc(-c2nc(-c3ccc(C(C)(C)C)cc3)nc(-c3ccc(-c4cccc5c4oc4c(-c6ccc(C78CC9CC(CC(C9)C7)C8)cc6)cccc45)c4c3oc3ccccc34)n2)cc1. The Morgan fingerprint density at radius 2 is 0.897 bits per heavy atom. The van der Waals surface area contributed by atoms with Gasteiger partial charge in [0, 0.05) is 43.8 Å². The number of fused-ring (bicyclic) bond motifs is 6. The Hall–Kier alpha value is -6.85. The van der Waals surface area contributed by atoms with Crippen molar-refractivity contribution in [2.24, 2.45) is 17.8 Å².